The molecule has 2 rings (SSSR count). The third-order valence-corrected chi connectivity index (χ3v) is 3.96. The van der Waals surface area contributed by atoms with Crippen LogP contribution in [0.2, 0.25) is 0 Å². The second kappa shape index (κ2) is 8.97. The minimum atomic E-state index is -0.166. The normalized spacial score (nSPS) is 10.4. The highest BCUT2D eigenvalue weighted by molar-refractivity contribution is 6.06. The van der Waals surface area contributed by atoms with Crippen LogP contribution in [0.4, 0.5) is 17.1 Å². The van der Waals surface area contributed by atoms with E-state index in [0.29, 0.717) is 17.9 Å². The van der Waals surface area contributed by atoms with E-state index in [1.165, 1.54) is 0 Å². The van der Waals surface area contributed by atoms with Gasteiger partial charge in [-0.3, -0.25) is 4.79 Å². The van der Waals surface area contributed by atoms with Crippen molar-refractivity contribution in [2.45, 2.75) is 27.2 Å². The Labute approximate surface area is 149 Å². The van der Waals surface area contributed by atoms with Crippen molar-refractivity contribution in [3.05, 3.63) is 48.0 Å². The number of hydrogen-bond donors (Lipinski definition) is 2. The first-order valence-electron chi connectivity index (χ1n) is 8.77. The fraction of sp³-hybridized carbons (Fsp3) is 0.350. The van der Waals surface area contributed by atoms with Crippen LogP contribution in [0.3, 0.4) is 0 Å². The molecule has 0 bridgehead atoms. The summed E-state index contributed by atoms with van der Waals surface area (Å²) in [6, 6.07) is 12.8. The molecule has 0 atom stereocenters. The zero-order valence-corrected chi connectivity index (χ0v) is 15.2. The Morgan fingerprint density at radius 3 is 2.36 bits per heavy atom. The molecule has 0 saturated carbocycles. The predicted octanol–water partition coefficient (Wildman–Crippen LogP) is 4.16. The highest BCUT2D eigenvalue weighted by Gasteiger charge is 2.13. The smallest absolute Gasteiger partial charge is 0.255 e. The molecule has 2 aromatic rings. The number of benzene rings is 2. The number of anilines is 3. The lowest BCUT2D eigenvalue weighted by atomic mass is 10.1. The van der Waals surface area contributed by atoms with E-state index in [1.807, 2.05) is 24.3 Å². The molecule has 5 heteroatoms. The van der Waals surface area contributed by atoms with Crippen molar-refractivity contribution in [2.24, 2.45) is 0 Å². The third kappa shape index (κ3) is 4.89. The minimum Gasteiger partial charge on any atom is -0.494 e. The first-order valence-corrected chi connectivity index (χ1v) is 8.77. The standard InChI is InChI=1S/C20H27N3O2/c1-4-13-25-17-10-7-15(8-11-17)20(24)22-18-14-16(21)9-12-19(18)23(5-2)6-3/h7-12,14H,4-6,13,21H2,1-3H3,(H,22,24). The maximum absolute atomic E-state index is 12.6. The lowest BCUT2D eigenvalue weighted by molar-refractivity contribution is 0.102. The number of rotatable bonds is 8. The molecule has 0 aromatic heterocycles. The Kier molecular flexibility index (Phi) is 6.69. The second-order valence-corrected chi connectivity index (χ2v) is 5.78. The predicted molar refractivity (Wildman–Crippen MR) is 105 cm³/mol. The summed E-state index contributed by atoms with van der Waals surface area (Å²) < 4.78 is 5.55. The van der Waals surface area contributed by atoms with E-state index in [-0.39, 0.29) is 5.91 Å². The van der Waals surface area contributed by atoms with E-state index >= 15 is 0 Å². The Bertz CT molecular complexity index is 695. The number of carbonyl (C=O) groups excluding carboxylic acids is 1. The van der Waals surface area contributed by atoms with Gasteiger partial charge in [-0.2, -0.15) is 0 Å². The second-order valence-electron chi connectivity index (χ2n) is 5.78. The molecule has 0 heterocycles. The van der Waals surface area contributed by atoms with Crippen LogP contribution in [-0.2, 0) is 0 Å². The number of nitrogens with zero attached hydrogens (tertiary/aromatic N) is 1. The lowest BCUT2D eigenvalue weighted by Crippen LogP contribution is -2.24. The first kappa shape index (κ1) is 18.6. The van der Waals surface area contributed by atoms with Crippen molar-refractivity contribution < 1.29 is 9.53 Å². The van der Waals surface area contributed by atoms with Crippen molar-refractivity contribution in [2.75, 3.05) is 35.6 Å². The fourth-order valence-corrected chi connectivity index (χ4v) is 2.61. The van der Waals surface area contributed by atoms with Crippen LogP contribution in [0.25, 0.3) is 0 Å². The maximum Gasteiger partial charge on any atom is 0.255 e. The van der Waals surface area contributed by atoms with Crippen molar-refractivity contribution in [1.29, 1.82) is 0 Å². The number of carbonyl (C=O) groups is 1. The molecule has 134 valence electrons. The molecule has 0 radical (unpaired) electrons. The molecule has 0 unspecified atom stereocenters. The van der Waals surface area contributed by atoms with Gasteiger partial charge >= 0.3 is 0 Å². The van der Waals surface area contributed by atoms with Gasteiger partial charge in [-0.25, -0.2) is 0 Å². The van der Waals surface area contributed by atoms with Crippen LogP contribution >= 0.6 is 0 Å². The summed E-state index contributed by atoms with van der Waals surface area (Å²) in [5, 5.41) is 2.98. The van der Waals surface area contributed by atoms with Gasteiger partial charge in [0.15, 0.2) is 0 Å². The number of hydrogen-bond acceptors (Lipinski definition) is 4. The molecular weight excluding hydrogens is 314 g/mol. The van der Waals surface area contributed by atoms with Gasteiger partial charge in [0.05, 0.1) is 18.0 Å². The van der Waals surface area contributed by atoms with E-state index in [9.17, 15) is 4.79 Å². The molecular formula is C20H27N3O2. The zero-order valence-electron chi connectivity index (χ0n) is 15.2. The molecule has 0 saturated heterocycles. The van der Waals surface area contributed by atoms with Gasteiger partial charge in [-0.1, -0.05) is 6.92 Å². The number of ether oxygens (including phenoxy) is 1. The largest absolute Gasteiger partial charge is 0.494 e. The van der Waals surface area contributed by atoms with E-state index < -0.39 is 0 Å². The van der Waals surface area contributed by atoms with Gasteiger partial charge in [0.25, 0.3) is 5.91 Å². The fourth-order valence-electron chi connectivity index (χ4n) is 2.61. The molecule has 0 spiro atoms. The van der Waals surface area contributed by atoms with E-state index in [4.69, 9.17) is 10.5 Å². The summed E-state index contributed by atoms with van der Waals surface area (Å²) >= 11 is 0. The van der Waals surface area contributed by atoms with E-state index in [0.717, 1.165) is 36.6 Å². The van der Waals surface area contributed by atoms with Gasteiger partial charge < -0.3 is 20.7 Å². The minimum absolute atomic E-state index is 0.166. The monoisotopic (exact) mass is 341 g/mol. The van der Waals surface area contributed by atoms with E-state index in [2.05, 4.69) is 31.0 Å². The topological polar surface area (TPSA) is 67.6 Å². The third-order valence-electron chi connectivity index (χ3n) is 3.96. The van der Waals surface area contributed by atoms with E-state index in [1.54, 1.807) is 18.2 Å². The molecule has 3 N–H and O–H groups in total. The van der Waals surface area contributed by atoms with Crippen molar-refractivity contribution in [3.8, 4) is 5.75 Å². The summed E-state index contributed by atoms with van der Waals surface area (Å²) in [4.78, 5) is 14.8. The molecule has 2 aromatic carbocycles. The summed E-state index contributed by atoms with van der Waals surface area (Å²) in [7, 11) is 0. The molecule has 0 aliphatic rings. The lowest BCUT2D eigenvalue weighted by Gasteiger charge is -2.24. The summed E-state index contributed by atoms with van der Waals surface area (Å²) in [5.74, 6) is 0.604. The van der Waals surface area contributed by atoms with Gasteiger partial charge in [-0.05, 0) is 62.7 Å². The summed E-state index contributed by atoms with van der Waals surface area (Å²) in [5.41, 5.74) is 8.80. The van der Waals surface area contributed by atoms with Crippen LogP contribution in [0.5, 0.6) is 5.75 Å². The SMILES string of the molecule is CCCOc1ccc(C(=O)Nc2cc(N)ccc2N(CC)CC)cc1. The number of nitrogen functional groups attached to an aromatic ring is 1. The molecule has 25 heavy (non-hydrogen) atoms. The van der Waals surface area contributed by atoms with Crippen molar-refractivity contribution in [3.63, 3.8) is 0 Å². The Hall–Kier alpha value is -2.69. The Morgan fingerprint density at radius 1 is 1.08 bits per heavy atom. The van der Waals surface area contributed by atoms with Crippen LogP contribution in [0.15, 0.2) is 42.5 Å². The molecule has 0 fully saturated rings. The average Bonchev–Trinajstić information content (AvgIpc) is 2.63. The Balaban J connectivity index is 2.18. The van der Waals surface area contributed by atoms with Gasteiger partial charge in [0, 0.05) is 24.3 Å². The molecule has 1 amide bonds. The number of nitrogens with one attached hydrogen (secondary N) is 1. The van der Waals surface area contributed by atoms with Crippen LogP contribution in [0.1, 0.15) is 37.6 Å². The molecule has 0 aliphatic carbocycles. The zero-order chi connectivity index (χ0) is 18.2. The van der Waals surface area contributed by atoms with Crippen molar-refractivity contribution in [1.82, 2.24) is 0 Å². The highest BCUT2D eigenvalue weighted by Crippen LogP contribution is 2.28. The summed E-state index contributed by atoms with van der Waals surface area (Å²) in [6.07, 6.45) is 0.950. The van der Waals surface area contributed by atoms with Gasteiger partial charge in [0.2, 0.25) is 0 Å². The van der Waals surface area contributed by atoms with Gasteiger partial charge in [-0.15, -0.1) is 0 Å². The maximum atomic E-state index is 12.6. The molecule has 0 aliphatic heterocycles. The van der Waals surface area contributed by atoms with Gasteiger partial charge in [0.1, 0.15) is 5.75 Å². The quantitative estimate of drug-likeness (QED) is 0.708. The Morgan fingerprint density at radius 2 is 1.76 bits per heavy atom. The number of amides is 1. The number of nitrogens with two attached hydrogens (primary N) is 1. The highest BCUT2D eigenvalue weighted by atomic mass is 16.5. The average molecular weight is 341 g/mol. The van der Waals surface area contributed by atoms with Crippen LogP contribution in [0, 0.1) is 0 Å². The van der Waals surface area contributed by atoms with Crippen molar-refractivity contribution >= 4 is 23.0 Å². The summed E-state index contributed by atoms with van der Waals surface area (Å²) in [6.45, 7) is 8.60. The first-order chi connectivity index (χ1) is 12.1. The van der Waals surface area contributed by atoms with Crippen LogP contribution < -0.4 is 20.7 Å². The molecule has 5 nitrogen and oxygen atoms in total. The van der Waals surface area contributed by atoms with Crippen LogP contribution in [-0.4, -0.2) is 25.6 Å².